The van der Waals surface area contributed by atoms with E-state index in [4.69, 9.17) is 0 Å². The standard InChI is InChI=1S/C9H16F2/c1-6(2)7(10)8(11)9(3,4)5/h6H,1-5H3/b8-7-. The second kappa shape index (κ2) is 3.33. The number of allylic oxidation sites excluding steroid dienone is 2. The Morgan fingerprint density at radius 3 is 1.55 bits per heavy atom. The topological polar surface area (TPSA) is 0 Å². The van der Waals surface area contributed by atoms with Crippen LogP contribution in [0.5, 0.6) is 0 Å². The Hall–Kier alpha value is -0.400. The normalized spacial score (nSPS) is 15.3. The molecule has 0 heterocycles. The molecule has 0 N–H and O–H groups in total. The first-order valence-electron chi connectivity index (χ1n) is 3.82. The zero-order chi connectivity index (χ0) is 9.23. The molecule has 11 heavy (non-hydrogen) atoms. The molecule has 0 nitrogen and oxygen atoms in total. The average molecular weight is 162 g/mol. The van der Waals surface area contributed by atoms with E-state index in [-0.39, 0.29) is 5.92 Å². The van der Waals surface area contributed by atoms with E-state index in [0.29, 0.717) is 0 Å². The van der Waals surface area contributed by atoms with E-state index < -0.39 is 17.1 Å². The molecule has 0 radical (unpaired) electrons. The van der Waals surface area contributed by atoms with Crippen molar-refractivity contribution in [1.29, 1.82) is 0 Å². The molecule has 0 aliphatic carbocycles. The van der Waals surface area contributed by atoms with Crippen LogP contribution in [0.1, 0.15) is 34.6 Å². The second-order valence-electron chi connectivity index (χ2n) is 4.07. The minimum Gasteiger partial charge on any atom is -0.209 e. The molecule has 0 saturated carbocycles. The fourth-order valence-electron chi connectivity index (χ4n) is 0.612. The zero-order valence-electron chi connectivity index (χ0n) is 7.83. The second-order valence-corrected chi connectivity index (χ2v) is 4.07. The van der Waals surface area contributed by atoms with Crippen LogP contribution in [0.2, 0.25) is 0 Å². The maximum Gasteiger partial charge on any atom is 0.137 e. The fourth-order valence-corrected chi connectivity index (χ4v) is 0.612. The molecule has 2 heteroatoms. The highest BCUT2D eigenvalue weighted by atomic mass is 19.2. The zero-order valence-corrected chi connectivity index (χ0v) is 7.83. The third kappa shape index (κ3) is 3.00. The van der Waals surface area contributed by atoms with Gasteiger partial charge in [0.2, 0.25) is 0 Å². The maximum absolute atomic E-state index is 13.1. The molecule has 0 atom stereocenters. The Labute approximate surface area is 67.3 Å². The van der Waals surface area contributed by atoms with Crippen molar-refractivity contribution < 1.29 is 8.78 Å². The molecule has 0 bridgehead atoms. The van der Waals surface area contributed by atoms with Gasteiger partial charge in [-0.25, -0.2) is 8.78 Å². The van der Waals surface area contributed by atoms with Crippen LogP contribution in [0, 0.1) is 11.3 Å². The van der Waals surface area contributed by atoms with Gasteiger partial charge in [-0.3, -0.25) is 0 Å². The van der Waals surface area contributed by atoms with E-state index in [2.05, 4.69) is 0 Å². The lowest BCUT2D eigenvalue weighted by atomic mass is 9.92. The minimum atomic E-state index is -0.700. The number of rotatable bonds is 1. The molecule has 0 aromatic carbocycles. The molecule has 0 aliphatic rings. The van der Waals surface area contributed by atoms with Crippen LogP contribution in [0.3, 0.4) is 0 Å². The van der Waals surface area contributed by atoms with Gasteiger partial charge in [-0.2, -0.15) is 0 Å². The highest BCUT2D eigenvalue weighted by molar-refractivity contribution is 5.08. The van der Waals surface area contributed by atoms with Crippen molar-refractivity contribution in [2.75, 3.05) is 0 Å². The first-order chi connectivity index (χ1) is 4.76. The Kier molecular flexibility index (Phi) is 3.21. The van der Waals surface area contributed by atoms with E-state index in [1.54, 1.807) is 34.6 Å². The summed E-state index contributed by atoms with van der Waals surface area (Å²) in [6.45, 7) is 8.25. The van der Waals surface area contributed by atoms with Gasteiger partial charge in [0.25, 0.3) is 0 Å². The summed E-state index contributed by atoms with van der Waals surface area (Å²) >= 11 is 0. The monoisotopic (exact) mass is 162 g/mol. The van der Waals surface area contributed by atoms with Crippen LogP contribution in [-0.2, 0) is 0 Å². The lowest BCUT2D eigenvalue weighted by Crippen LogP contribution is -2.09. The van der Waals surface area contributed by atoms with Crippen LogP contribution in [0.15, 0.2) is 11.7 Å². The molecule has 0 aromatic heterocycles. The molecule has 0 spiro atoms. The van der Waals surface area contributed by atoms with Gasteiger partial charge in [-0.1, -0.05) is 34.6 Å². The fraction of sp³-hybridized carbons (Fsp3) is 0.778. The predicted octanol–water partition coefficient (Wildman–Crippen LogP) is 3.84. The smallest absolute Gasteiger partial charge is 0.137 e. The first kappa shape index (κ1) is 10.6. The van der Waals surface area contributed by atoms with Crippen LogP contribution < -0.4 is 0 Å². The Bertz CT molecular complexity index is 161. The molecule has 0 aromatic rings. The lowest BCUT2D eigenvalue weighted by Gasteiger charge is -2.17. The van der Waals surface area contributed by atoms with Crippen molar-refractivity contribution in [3.05, 3.63) is 11.7 Å². The molecule has 0 amide bonds. The van der Waals surface area contributed by atoms with Gasteiger partial charge in [-0.05, 0) is 0 Å². The highest BCUT2D eigenvalue weighted by Gasteiger charge is 2.23. The van der Waals surface area contributed by atoms with E-state index in [1.807, 2.05) is 0 Å². The quantitative estimate of drug-likeness (QED) is 0.549. The third-order valence-corrected chi connectivity index (χ3v) is 1.38. The molecule has 0 aliphatic heterocycles. The number of halogens is 2. The largest absolute Gasteiger partial charge is 0.209 e. The first-order valence-corrected chi connectivity index (χ1v) is 3.82. The van der Waals surface area contributed by atoms with Crippen molar-refractivity contribution in [1.82, 2.24) is 0 Å². The van der Waals surface area contributed by atoms with Gasteiger partial charge < -0.3 is 0 Å². The predicted molar refractivity (Wildman–Crippen MR) is 43.5 cm³/mol. The summed E-state index contributed by atoms with van der Waals surface area (Å²) < 4.78 is 26.0. The van der Waals surface area contributed by atoms with Crippen LogP contribution in [-0.4, -0.2) is 0 Å². The summed E-state index contributed by atoms with van der Waals surface area (Å²) in [6, 6.07) is 0. The average Bonchev–Trinajstić information content (AvgIpc) is 1.82. The van der Waals surface area contributed by atoms with E-state index in [1.165, 1.54) is 0 Å². The molecule has 0 rings (SSSR count). The molecule has 0 fully saturated rings. The SMILES string of the molecule is CC(C)/C(F)=C(/F)C(C)(C)C. The summed E-state index contributed by atoms with van der Waals surface area (Å²) in [6.07, 6.45) is 0. The van der Waals surface area contributed by atoms with Gasteiger partial charge >= 0.3 is 0 Å². The molecule has 0 saturated heterocycles. The van der Waals surface area contributed by atoms with Gasteiger partial charge in [0, 0.05) is 11.3 Å². The van der Waals surface area contributed by atoms with E-state index in [9.17, 15) is 8.78 Å². The lowest BCUT2D eigenvalue weighted by molar-refractivity contribution is 0.336. The molecule has 0 unspecified atom stereocenters. The van der Waals surface area contributed by atoms with Crippen molar-refractivity contribution >= 4 is 0 Å². The van der Waals surface area contributed by atoms with Crippen molar-refractivity contribution in [2.24, 2.45) is 11.3 Å². The summed E-state index contributed by atoms with van der Waals surface area (Å²) in [4.78, 5) is 0. The van der Waals surface area contributed by atoms with Gasteiger partial charge in [-0.15, -0.1) is 0 Å². The molecule has 66 valence electrons. The Balaban J connectivity index is 4.67. The molecular weight excluding hydrogens is 146 g/mol. The van der Waals surface area contributed by atoms with Crippen LogP contribution in [0.25, 0.3) is 0 Å². The third-order valence-electron chi connectivity index (χ3n) is 1.38. The van der Waals surface area contributed by atoms with Gasteiger partial charge in [0.15, 0.2) is 0 Å². The van der Waals surface area contributed by atoms with E-state index in [0.717, 1.165) is 0 Å². The van der Waals surface area contributed by atoms with Crippen LogP contribution >= 0.6 is 0 Å². The number of hydrogen-bond acceptors (Lipinski definition) is 0. The van der Waals surface area contributed by atoms with E-state index >= 15 is 0 Å². The van der Waals surface area contributed by atoms with Crippen molar-refractivity contribution in [3.63, 3.8) is 0 Å². The van der Waals surface area contributed by atoms with Crippen molar-refractivity contribution in [3.8, 4) is 0 Å². The summed E-state index contributed by atoms with van der Waals surface area (Å²) in [5, 5.41) is 0. The van der Waals surface area contributed by atoms with Crippen molar-refractivity contribution in [2.45, 2.75) is 34.6 Å². The number of hydrogen-bond donors (Lipinski definition) is 0. The summed E-state index contributed by atoms with van der Waals surface area (Å²) in [5.74, 6) is -1.61. The Morgan fingerprint density at radius 1 is 1.09 bits per heavy atom. The maximum atomic E-state index is 13.1. The summed E-state index contributed by atoms with van der Waals surface area (Å²) in [7, 11) is 0. The molecular formula is C9H16F2. The minimum absolute atomic E-state index is 0.353. The van der Waals surface area contributed by atoms with Gasteiger partial charge in [0.05, 0.1) is 0 Å². The summed E-state index contributed by atoms with van der Waals surface area (Å²) in [5.41, 5.74) is -0.700. The van der Waals surface area contributed by atoms with Crippen LogP contribution in [0.4, 0.5) is 8.78 Å². The Morgan fingerprint density at radius 2 is 1.45 bits per heavy atom. The van der Waals surface area contributed by atoms with Gasteiger partial charge in [0.1, 0.15) is 11.7 Å². The highest BCUT2D eigenvalue weighted by Crippen LogP contribution is 2.32.